The van der Waals surface area contributed by atoms with Gasteiger partial charge in [-0.3, -0.25) is 0 Å². The van der Waals surface area contributed by atoms with Crippen molar-refractivity contribution in [1.82, 2.24) is 0 Å². The second-order valence-corrected chi connectivity index (χ2v) is 6.78. The number of carbonyl (C=O) groups is 1. The number of carboxylic acids is 1. The summed E-state index contributed by atoms with van der Waals surface area (Å²) >= 11 is 17.8. The van der Waals surface area contributed by atoms with E-state index in [-0.39, 0.29) is 0 Å². The molecule has 0 fully saturated rings. The van der Waals surface area contributed by atoms with Crippen molar-refractivity contribution in [1.29, 1.82) is 0 Å². The molecule has 1 N–H and O–H groups in total. The molecule has 0 heterocycles. The van der Waals surface area contributed by atoms with Crippen LogP contribution in [0.15, 0.2) is 29.0 Å². The van der Waals surface area contributed by atoms with E-state index in [9.17, 15) is 4.79 Å². The van der Waals surface area contributed by atoms with Crippen molar-refractivity contribution in [2.75, 3.05) is 0 Å². The summed E-state index contributed by atoms with van der Waals surface area (Å²) < 4.78 is -1.48. The van der Waals surface area contributed by atoms with Crippen LogP contribution in [0, 0.1) is 5.41 Å². The van der Waals surface area contributed by atoms with Crippen molar-refractivity contribution in [2.45, 2.75) is 30.7 Å². The van der Waals surface area contributed by atoms with E-state index in [4.69, 9.17) is 44.7 Å². The minimum atomic E-state index is -1.48. The SMILES string of the molecule is CC1=CC(C)(C(Cl)(Cl)Cl)C=C/C1=N\OC(C)C(=O)O. The molecule has 2 atom stereocenters. The number of hydrogen-bond donors (Lipinski definition) is 1. The van der Waals surface area contributed by atoms with E-state index < -0.39 is 21.3 Å². The van der Waals surface area contributed by atoms with Crippen molar-refractivity contribution in [3.05, 3.63) is 23.8 Å². The number of aliphatic carboxylic acids is 1. The molecular formula is C12H14Cl3NO3. The van der Waals surface area contributed by atoms with Crippen molar-refractivity contribution in [2.24, 2.45) is 10.6 Å². The van der Waals surface area contributed by atoms with Gasteiger partial charge in [0.15, 0.2) is 0 Å². The highest BCUT2D eigenvalue weighted by molar-refractivity contribution is 6.68. The number of rotatable bonds is 3. The molecule has 19 heavy (non-hydrogen) atoms. The lowest BCUT2D eigenvalue weighted by Gasteiger charge is -2.33. The first kappa shape index (κ1) is 16.3. The van der Waals surface area contributed by atoms with Gasteiger partial charge in [0.2, 0.25) is 9.90 Å². The quantitative estimate of drug-likeness (QED) is 0.635. The van der Waals surface area contributed by atoms with Crippen LogP contribution in [-0.2, 0) is 9.63 Å². The van der Waals surface area contributed by atoms with Crippen molar-refractivity contribution in [3.8, 4) is 0 Å². The summed E-state index contributed by atoms with van der Waals surface area (Å²) in [5.74, 6) is -1.09. The highest BCUT2D eigenvalue weighted by Crippen LogP contribution is 2.48. The molecule has 1 aliphatic carbocycles. The Morgan fingerprint density at radius 3 is 2.53 bits per heavy atom. The number of allylic oxidation sites excluding steroid dienone is 4. The molecule has 4 nitrogen and oxygen atoms in total. The minimum Gasteiger partial charge on any atom is -0.478 e. The van der Waals surface area contributed by atoms with Gasteiger partial charge in [0.25, 0.3) is 0 Å². The van der Waals surface area contributed by atoms with Gasteiger partial charge in [-0.05, 0) is 32.4 Å². The maximum Gasteiger partial charge on any atom is 0.347 e. The first-order valence-corrected chi connectivity index (χ1v) is 6.62. The van der Waals surface area contributed by atoms with Crippen LogP contribution in [0.2, 0.25) is 0 Å². The smallest absolute Gasteiger partial charge is 0.347 e. The monoisotopic (exact) mass is 325 g/mol. The van der Waals surface area contributed by atoms with Gasteiger partial charge in [0.1, 0.15) is 5.71 Å². The molecule has 0 radical (unpaired) electrons. The lowest BCUT2D eigenvalue weighted by atomic mass is 9.84. The summed E-state index contributed by atoms with van der Waals surface area (Å²) in [5, 5.41) is 12.5. The first-order chi connectivity index (χ1) is 8.57. The molecule has 0 saturated heterocycles. The van der Waals surface area contributed by atoms with Crippen LogP contribution in [0.5, 0.6) is 0 Å². The minimum absolute atomic E-state index is 0.500. The van der Waals surface area contributed by atoms with E-state index in [1.54, 1.807) is 32.1 Å². The Hall–Kier alpha value is -0.710. The van der Waals surface area contributed by atoms with Gasteiger partial charge in [-0.25, -0.2) is 4.79 Å². The Balaban J connectivity index is 2.90. The third-order valence-electron chi connectivity index (χ3n) is 2.78. The van der Waals surface area contributed by atoms with Gasteiger partial charge < -0.3 is 9.94 Å². The number of alkyl halides is 3. The van der Waals surface area contributed by atoms with Crippen molar-refractivity contribution in [3.63, 3.8) is 0 Å². The van der Waals surface area contributed by atoms with E-state index in [0.29, 0.717) is 5.71 Å². The number of halogens is 3. The molecule has 0 spiro atoms. The Bertz CT molecular complexity index is 465. The van der Waals surface area contributed by atoms with E-state index in [2.05, 4.69) is 5.16 Å². The molecule has 0 saturated carbocycles. The number of carboxylic acid groups (broad SMARTS) is 1. The average Bonchev–Trinajstić information content (AvgIpc) is 2.25. The van der Waals surface area contributed by atoms with E-state index in [1.807, 2.05) is 0 Å². The van der Waals surface area contributed by atoms with Crippen LogP contribution in [0.25, 0.3) is 0 Å². The molecule has 0 aromatic heterocycles. The van der Waals surface area contributed by atoms with Crippen LogP contribution in [-0.4, -0.2) is 26.7 Å². The molecule has 1 aliphatic rings. The molecular weight excluding hydrogens is 312 g/mol. The number of oxime groups is 1. The zero-order valence-corrected chi connectivity index (χ0v) is 12.9. The normalized spacial score (nSPS) is 27.1. The summed E-state index contributed by atoms with van der Waals surface area (Å²) in [5.41, 5.74) is 0.493. The van der Waals surface area contributed by atoms with Crippen molar-refractivity contribution < 1.29 is 14.7 Å². The largest absolute Gasteiger partial charge is 0.478 e. The van der Waals surface area contributed by atoms with E-state index in [1.165, 1.54) is 6.92 Å². The zero-order valence-electron chi connectivity index (χ0n) is 10.7. The Morgan fingerprint density at radius 2 is 2.11 bits per heavy atom. The van der Waals surface area contributed by atoms with Crippen LogP contribution < -0.4 is 0 Å². The van der Waals surface area contributed by atoms with Gasteiger partial charge in [0, 0.05) is 0 Å². The Labute approximate surface area is 126 Å². The van der Waals surface area contributed by atoms with Crippen LogP contribution in [0.4, 0.5) is 0 Å². The van der Waals surface area contributed by atoms with Crippen LogP contribution in [0.1, 0.15) is 20.8 Å². The molecule has 0 bridgehead atoms. The fourth-order valence-corrected chi connectivity index (χ4v) is 1.77. The summed E-state index contributed by atoms with van der Waals surface area (Å²) in [7, 11) is 0. The van der Waals surface area contributed by atoms with Crippen molar-refractivity contribution >= 4 is 46.5 Å². The molecule has 0 aromatic carbocycles. The molecule has 0 aliphatic heterocycles. The maximum atomic E-state index is 10.6. The first-order valence-electron chi connectivity index (χ1n) is 5.49. The second-order valence-electron chi connectivity index (χ2n) is 4.50. The lowest BCUT2D eigenvalue weighted by Crippen LogP contribution is -2.31. The summed E-state index contributed by atoms with van der Waals surface area (Å²) in [6, 6.07) is 0. The lowest BCUT2D eigenvalue weighted by molar-refractivity contribution is -0.149. The fourth-order valence-electron chi connectivity index (χ4n) is 1.41. The molecule has 0 amide bonds. The van der Waals surface area contributed by atoms with Gasteiger partial charge >= 0.3 is 5.97 Å². The molecule has 1 rings (SSSR count). The van der Waals surface area contributed by atoms with Gasteiger partial charge in [-0.2, -0.15) is 0 Å². The van der Waals surface area contributed by atoms with Gasteiger partial charge in [-0.15, -0.1) is 0 Å². The fraction of sp³-hybridized carbons (Fsp3) is 0.500. The van der Waals surface area contributed by atoms with Gasteiger partial charge in [0.05, 0.1) is 5.41 Å². The second kappa shape index (κ2) is 5.73. The van der Waals surface area contributed by atoms with Gasteiger partial charge in [-0.1, -0.05) is 52.1 Å². The third kappa shape index (κ3) is 3.88. The standard InChI is InChI=1S/C12H14Cl3NO3/c1-7-6-11(3,12(13,14)15)5-4-9(7)16-19-8(2)10(17)18/h4-6,8H,1-3H3,(H,17,18)/b16-9+. The van der Waals surface area contributed by atoms with E-state index in [0.717, 1.165) is 5.57 Å². The Kier molecular flexibility index (Phi) is 4.93. The molecule has 2 unspecified atom stereocenters. The Morgan fingerprint density at radius 1 is 1.53 bits per heavy atom. The summed E-state index contributed by atoms with van der Waals surface area (Å²) in [4.78, 5) is 15.5. The highest BCUT2D eigenvalue weighted by Gasteiger charge is 2.42. The number of nitrogens with zero attached hydrogens (tertiary/aromatic N) is 1. The average molecular weight is 327 g/mol. The van der Waals surface area contributed by atoms with E-state index >= 15 is 0 Å². The third-order valence-corrected chi connectivity index (χ3v) is 4.00. The molecule has 7 heteroatoms. The summed E-state index contributed by atoms with van der Waals surface area (Å²) in [6.07, 6.45) is 4.08. The summed E-state index contributed by atoms with van der Waals surface area (Å²) in [6.45, 7) is 4.95. The zero-order chi connectivity index (χ0) is 14.8. The van der Waals surface area contributed by atoms with Crippen LogP contribution >= 0.6 is 34.8 Å². The van der Waals surface area contributed by atoms with Crippen LogP contribution in [0.3, 0.4) is 0 Å². The molecule has 106 valence electrons. The predicted molar refractivity (Wildman–Crippen MR) is 76.9 cm³/mol. The molecule has 0 aromatic rings. The number of hydrogen-bond acceptors (Lipinski definition) is 3. The topological polar surface area (TPSA) is 58.9 Å². The predicted octanol–water partition coefficient (Wildman–Crippen LogP) is 3.72. The highest BCUT2D eigenvalue weighted by atomic mass is 35.6. The maximum absolute atomic E-state index is 10.6.